The number of nitriles is 1. The van der Waals surface area contributed by atoms with Gasteiger partial charge in [-0.1, -0.05) is 12.1 Å². The van der Waals surface area contributed by atoms with E-state index in [0.29, 0.717) is 17.9 Å². The maximum absolute atomic E-state index is 11.8. The molecule has 0 heterocycles. The highest BCUT2D eigenvalue weighted by atomic mass is 16.5. The van der Waals surface area contributed by atoms with Crippen LogP contribution in [0, 0.1) is 11.3 Å². The Hall–Kier alpha value is -3.59. The predicted octanol–water partition coefficient (Wildman–Crippen LogP) is 3.15. The van der Waals surface area contributed by atoms with E-state index >= 15 is 0 Å². The van der Waals surface area contributed by atoms with Gasteiger partial charge >= 0.3 is 5.97 Å². The van der Waals surface area contributed by atoms with Crippen LogP contribution in [-0.4, -0.2) is 25.1 Å². The average Bonchev–Trinajstić information content (AvgIpc) is 2.66. The molecule has 0 saturated carbocycles. The molecule has 2 rings (SSSR count). The van der Waals surface area contributed by atoms with Crippen LogP contribution in [0.5, 0.6) is 5.75 Å². The Balaban J connectivity index is 1.78. The number of esters is 1. The zero-order chi connectivity index (χ0) is 18.8. The Bertz CT molecular complexity index is 818. The molecule has 2 aromatic rings. The molecule has 0 aliphatic carbocycles. The summed E-state index contributed by atoms with van der Waals surface area (Å²) in [5.74, 6) is -0.321. The third-order valence-electron chi connectivity index (χ3n) is 3.25. The van der Waals surface area contributed by atoms with E-state index in [1.165, 1.54) is 6.08 Å². The first-order chi connectivity index (χ1) is 12.6. The third kappa shape index (κ3) is 6.13. The van der Waals surface area contributed by atoms with Crippen molar-refractivity contribution in [3.05, 3.63) is 65.7 Å². The van der Waals surface area contributed by atoms with Crippen molar-refractivity contribution in [2.24, 2.45) is 0 Å². The Morgan fingerprint density at radius 2 is 1.81 bits per heavy atom. The van der Waals surface area contributed by atoms with Crippen LogP contribution in [0.25, 0.3) is 6.08 Å². The van der Waals surface area contributed by atoms with Crippen LogP contribution < -0.4 is 10.1 Å². The number of anilines is 1. The second-order valence-corrected chi connectivity index (χ2v) is 5.18. The van der Waals surface area contributed by atoms with Crippen LogP contribution in [0.1, 0.15) is 18.1 Å². The summed E-state index contributed by atoms with van der Waals surface area (Å²) in [6.45, 7) is 2.10. The normalized spacial score (nSPS) is 10.2. The monoisotopic (exact) mass is 350 g/mol. The largest absolute Gasteiger partial charge is 0.494 e. The molecule has 6 nitrogen and oxygen atoms in total. The molecule has 0 aromatic heterocycles. The lowest BCUT2D eigenvalue weighted by Crippen LogP contribution is -2.20. The summed E-state index contributed by atoms with van der Waals surface area (Å²) >= 11 is 0. The van der Waals surface area contributed by atoms with Crippen molar-refractivity contribution in [3.63, 3.8) is 0 Å². The minimum atomic E-state index is -0.617. The molecule has 26 heavy (non-hydrogen) atoms. The maximum Gasteiger partial charge on any atom is 0.331 e. The molecule has 0 spiro atoms. The number of amides is 1. The SMILES string of the molecule is CCOc1ccc(C=CC(=O)OCC(=O)Nc2ccc(C#N)cc2)cc1. The Labute approximate surface area is 151 Å². The van der Waals surface area contributed by atoms with Crippen LogP contribution in [0.4, 0.5) is 5.69 Å². The fraction of sp³-hybridized carbons (Fsp3) is 0.150. The number of nitrogens with zero attached hydrogens (tertiary/aromatic N) is 1. The number of ether oxygens (including phenoxy) is 2. The van der Waals surface area contributed by atoms with Gasteiger partial charge in [0.15, 0.2) is 6.61 Å². The molecule has 6 heteroatoms. The van der Waals surface area contributed by atoms with Crippen LogP contribution in [0.15, 0.2) is 54.6 Å². The first-order valence-corrected chi connectivity index (χ1v) is 7.98. The Kier molecular flexibility index (Phi) is 6.95. The van der Waals surface area contributed by atoms with Crippen LogP contribution >= 0.6 is 0 Å². The van der Waals surface area contributed by atoms with Gasteiger partial charge in [0.25, 0.3) is 5.91 Å². The van der Waals surface area contributed by atoms with Crippen LogP contribution in [0.2, 0.25) is 0 Å². The average molecular weight is 350 g/mol. The lowest BCUT2D eigenvalue weighted by molar-refractivity contribution is -0.142. The van der Waals surface area contributed by atoms with E-state index in [0.717, 1.165) is 11.3 Å². The number of hydrogen-bond donors (Lipinski definition) is 1. The second kappa shape index (κ2) is 9.64. The number of carbonyl (C=O) groups excluding carboxylic acids is 2. The quantitative estimate of drug-likeness (QED) is 0.612. The molecule has 0 aliphatic heterocycles. The van der Waals surface area contributed by atoms with Crippen molar-refractivity contribution in [2.45, 2.75) is 6.92 Å². The highest BCUT2D eigenvalue weighted by molar-refractivity contribution is 5.94. The first kappa shape index (κ1) is 18.7. The smallest absolute Gasteiger partial charge is 0.331 e. The summed E-state index contributed by atoms with van der Waals surface area (Å²) in [5, 5.41) is 11.3. The molecule has 2 aromatic carbocycles. The molecule has 1 amide bonds. The van der Waals surface area contributed by atoms with E-state index in [-0.39, 0.29) is 0 Å². The summed E-state index contributed by atoms with van der Waals surface area (Å²) in [7, 11) is 0. The molecule has 0 fully saturated rings. The van der Waals surface area contributed by atoms with Gasteiger partial charge in [-0.2, -0.15) is 5.26 Å². The Morgan fingerprint density at radius 1 is 1.12 bits per heavy atom. The fourth-order valence-corrected chi connectivity index (χ4v) is 2.02. The second-order valence-electron chi connectivity index (χ2n) is 5.18. The maximum atomic E-state index is 11.8. The summed E-state index contributed by atoms with van der Waals surface area (Å²) < 4.78 is 10.2. The van der Waals surface area contributed by atoms with Gasteiger partial charge in [0.05, 0.1) is 18.2 Å². The number of hydrogen-bond acceptors (Lipinski definition) is 5. The van der Waals surface area contributed by atoms with Crippen molar-refractivity contribution in [1.82, 2.24) is 0 Å². The fourth-order valence-electron chi connectivity index (χ4n) is 2.02. The molecule has 0 atom stereocenters. The summed E-state index contributed by atoms with van der Waals surface area (Å²) in [4.78, 5) is 23.4. The van der Waals surface area contributed by atoms with Gasteiger partial charge in [0.2, 0.25) is 0 Å². The lowest BCUT2D eigenvalue weighted by atomic mass is 10.2. The molecule has 0 radical (unpaired) electrons. The van der Waals surface area contributed by atoms with E-state index in [2.05, 4.69) is 5.32 Å². The van der Waals surface area contributed by atoms with Crippen LogP contribution in [0.3, 0.4) is 0 Å². The van der Waals surface area contributed by atoms with Gasteiger partial charge in [-0.15, -0.1) is 0 Å². The van der Waals surface area contributed by atoms with E-state index in [1.807, 2.05) is 25.1 Å². The van der Waals surface area contributed by atoms with Gasteiger partial charge in [0.1, 0.15) is 5.75 Å². The third-order valence-corrected chi connectivity index (χ3v) is 3.25. The van der Waals surface area contributed by atoms with Gasteiger partial charge < -0.3 is 14.8 Å². The van der Waals surface area contributed by atoms with Crippen molar-refractivity contribution < 1.29 is 19.1 Å². The van der Waals surface area contributed by atoms with E-state index in [1.54, 1.807) is 42.5 Å². The van der Waals surface area contributed by atoms with Gasteiger partial charge in [-0.25, -0.2) is 4.79 Å². The summed E-state index contributed by atoms with van der Waals surface area (Å²) in [6, 6.07) is 15.6. The number of benzene rings is 2. The van der Waals surface area contributed by atoms with Crippen molar-refractivity contribution in [2.75, 3.05) is 18.5 Å². The molecule has 0 unspecified atom stereocenters. The molecular formula is C20H18N2O4. The molecule has 0 aliphatic rings. The molecule has 1 N–H and O–H groups in total. The van der Waals surface area contributed by atoms with E-state index in [9.17, 15) is 9.59 Å². The highest BCUT2D eigenvalue weighted by Crippen LogP contribution is 2.13. The van der Waals surface area contributed by atoms with Gasteiger partial charge in [0, 0.05) is 11.8 Å². The predicted molar refractivity (Wildman–Crippen MR) is 97.4 cm³/mol. The number of nitrogens with one attached hydrogen (secondary N) is 1. The lowest BCUT2D eigenvalue weighted by Gasteiger charge is -2.05. The number of carbonyl (C=O) groups is 2. The zero-order valence-electron chi connectivity index (χ0n) is 14.3. The van der Waals surface area contributed by atoms with Gasteiger partial charge in [-0.05, 0) is 55.0 Å². The van der Waals surface area contributed by atoms with E-state index < -0.39 is 18.5 Å². The molecule has 0 bridgehead atoms. The first-order valence-electron chi connectivity index (χ1n) is 7.98. The zero-order valence-corrected chi connectivity index (χ0v) is 14.3. The summed E-state index contributed by atoms with van der Waals surface area (Å²) in [6.07, 6.45) is 2.85. The molecular weight excluding hydrogens is 332 g/mol. The standard InChI is InChI=1S/C20H18N2O4/c1-2-25-18-10-5-15(6-11-18)7-12-20(24)26-14-19(23)22-17-8-3-16(13-21)4-9-17/h3-12H,2,14H2,1H3,(H,22,23). The summed E-state index contributed by atoms with van der Waals surface area (Å²) in [5.41, 5.74) is 1.83. The minimum Gasteiger partial charge on any atom is -0.494 e. The van der Waals surface area contributed by atoms with Crippen LogP contribution in [-0.2, 0) is 14.3 Å². The minimum absolute atomic E-state index is 0.396. The molecule has 132 valence electrons. The molecule has 0 saturated heterocycles. The number of rotatable bonds is 7. The topological polar surface area (TPSA) is 88.4 Å². The van der Waals surface area contributed by atoms with E-state index in [4.69, 9.17) is 14.7 Å². The Morgan fingerprint density at radius 3 is 2.42 bits per heavy atom. The van der Waals surface area contributed by atoms with Crippen molar-refractivity contribution in [1.29, 1.82) is 5.26 Å². The van der Waals surface area contributed by atoms with Gasteiger partial charge in [-0.3, -0.25) is 4.79 Å². The highest BCUT2D eigenvalue weighted by Gasteiger charge is 2.06. The van der Waals surface area contributed by atoms with Crippen molar-refractivity contribution >= 4 is 23.6 Å². The van der Waals surface area contributed by atoms with Crippen molar-refractivity contribution in [3.8, 4) is 11.8 Å².